The van der Waals surface area contributed by atoms with Crippen LogP contribution in [0.3, 0.4) is 0 Å². The molecule has 1 aliphatic rings. The summed E-state index contributed by atoms with van der Waals surface area (Å²) in [5.74, 6) is 0.342. The zero-order valence-corrected chi connectivity index (χ0v) is 11.2. The molecule has 0 aromatic heterocycles. The van der Waals surface area contributed by atoms with E-state index in [1.54, 1.807) is 0 Å². The third-order valence-corrected chi connectivity index (χ3v) is 3.75. The van der Waals surface area contributed by atoms with Crippen LogP contribution in [0.4, 0.5) is 0 Å². The minimum absolute atomic E-state index is 0.332. The predicted octanol–water partition coefficient (Wildman–Crippen LogP) is 2.02. The van der Waals surface area contributed by atoms with Crippen LogP contribution in [0.2, 0.25) is 0 Å². The lowest BCUT2D eigenvalue weighted by molar-refractivity contribution is -0.130. The number of nitrogens with one attached hydrogen (secondary N) is 1. The van der Waals surface area contributed by atoms with Crippen molar-refractivity contribution in [3.05, 3.63) is 0 Å². The molecule has 0 radical (unpaired) electrons. The van der Waals surface area contributed by atoms with Crippen LogP contribution in [0.1, 0.15) is 46.5 Å². The molecular weight excluding hydrogens is 200 g/mol. The molecule has 16 heavy (non-hydrogen) atoms. The zero-order chi connectivity index (χ0) is 12.2. The highest BCUT2D eigenvalue weighted by Gasteiger charge is 2.27. The maximum Gasteiger partial charge on any atom is 0.222 e. The normalized spacial score (nSPS) is 23.0. The molecule has 3 heteroatoms. The van der Waals surface area contributed by atoms with Crippen LogP contribution in [-0.2, 0) is 4.79 Å². The molecule has 1 amide bonds. The standard InChI is InChI=1S/C13H26N2O/c1-11(14-4)6-9-15-10-8-13(2,3)7-5-12(15)16/h11,14H,5-10H2,1-4H3. The Morgan fingerprint density at radius 1 is 1.44 bits per heavy atom. The number of amides is 1. The van der Waals surface area contributed by atoms with Crippen molar-refractivity contribution in [2.24, 2.45) is 5.41 Å². The fraction of sp³-hybridized carbons (Fsp3) is 0.923. The quantitative estimate of drug-likeness (QED) is 0.795. The van der Waals surface area contributed by atoms with E-state index in [-0.39, 0.29) is 0 Å². The van der Waals surface area contributed by atoms with E-state index in [9.17, 15) is 4.79 Å². The number of carbonyl (C=O) groups excluding carboxylic acids is 1. The first kappa shape index (κ1) is 13.5. The van der Waals surface area contributed by atoms with Gasteiger partial charge in [0, 0.05) is 25.6 Å². The summed E-state index contributed by atoms with van der Waals surface area (Å²) in [6.45, 7) is 8.52. The van der Waals surface area contributed by atoms with E-state index in [1.807, 2.05) is 11.9 Å². The van der Waals surface area contributed by atoms with Crippen LogP contribution in [-0.4, -0.2) is 37.0 Å². The highest BCUT2D eigenvalue weighted by molar-refractivity contribution is 5.76. The maximum atomic E-state index is 11.9. The molecule has 0 aromatic carbocycles. The fourth-order valence-corrected chi connectivity index (χ4v) is 2.02. The maximum absolute atomic E-state index is 11.9. The van der Waals surface area contributed by atoms with E-state index in [0.717, 1.165) is 38.8 Å². The summed E-state index contributed by atoms with van der Waals surface area (Å²) in [6.07, 6.45) is 3.93. The van der Waals surface area contributed by atoms with Gasteiger partial charge in [0.25, 0.3) is 0 Å². The van der Waals surface area contributed by atoms with Gasteiger partial charge in [-0.25, -0.2) is 0 Å². The minimum atomic E-state index is 0.332. The molecule has 94 valence electrons. The fourth-order valence-electron chi connectivity index (χ4n) is 2.02. The lowest BCUT2D eigenvalue weighted by atomic mass is 9.85. The van der Waals surface area contributed by atoms with Crippen molar-refractivity contribution in [1.29, 1.82) is 0 Å². The topological polar surface area (TPSA) is 32.3 Å². The summed E-state index contributed by atoms with van der Waals surface area (Å²) < 4.78 is 0. The largest absolute Gasteiger partial charge is 0.343 e. The summed E-state index contributed by atoms with van der Waals surface area (Å²) in [5.41, 5.74) is 0.332. The summed E-state index contributed by atoms with van der Waals surface area (Å²) in [5, 5.41) is 3.21. The number of likely N-dealkylation sites (tertiary alicyclic amines) is 1. The first-order chi connectivity index (χ1) is 7.44. The Morgan fingerprint density at radius 2 is 2.12 bits per heavy atom. The Labute approximate surface area is 99.6 Å². The van der Waals surface area contributed by atoms with Crippen LogP contribution in [0.5, 0.6) is 0 Å². The Hall–Kier alpha value is -0.570. The molecular formula is C13H26N2O. The minimum Gasteiger partial charge on any atom is -0.343 e. The van der Waals surface area contributed by atoms with Gasteiger partial charge in [-0.15, -0.1) is 0 Å². The SMILES string of the molecule is CNC(C)CCN1CCC(C)(C)CCC1=O. The first-order valence-corrected chi connectivity index (χ1v) is 6.40. The number of carbonyl (C=O) groups is 1. The molecule has 0 aromatic rings. The van der Waals surface area contributed by atoms with Gasteiger partial charge in [-0.05, 0) is 38.6 Å². The van der Waals surface area contributed by atoms with Crippen LogP contribution in [0.15, 0.2) is 0 Å². The Morgan fingerprint density at radius 3 is 2.75 bits per heavy atom. The van der Waals surface area contributed by atoms with Crippen molar-refractivity contribution in [3.8, 4) is 0 Å². The van der Waals surface area contributed by atoms with E-state index in [1.165, 1.54) is 0 Å². The molecule has 1 saturated heterocycles. The summed E-state index contributed by atoms with van der Waals surface area (Å²) in [6, 6.07) is 0.490. The lowest BCUT2D eigenvalue weighted by Gasteiger charge is -2.24. The van der Waals surface area contributed by atoms with Crippen molar-refractivity contribution in [3.63, 3.8) is 0 Å². The number of rotatable bonds is 4. The summed E-state index contributed by atoms with van der Waals surface area (Å²) in [4.78, 5) is 14.0. The van der Waals surface area contributed by atoms with Crippen molar-refractivity contribution in [2.45, 2.75) is 52.5 Å². The summed E-state index contributed by atoms with van der Waals surface area (Å²) >= 11 is 0. The number of hydrogen-bond acceptors (Lipinski definition) is 2. The second-order valence-corrected chi connectivity index (χ2v) is 5.77. The van der Waals surface area contributed by atoms with Gasteiger partial charge in [-0.3, -0.25) is 4.79 Å². The molecule has 1 fully saturated rings. The third-order valence-electron chi connectivity index (χ3n) is 3.75. The zero-order valence-electron chi connectivity index (χ0n) is 11.2. The molecule has 0 aliphatic carbocycles. The molecule has 1 aliphatic heterocycles. The Bertz CT molecular complexity index is 238. The Kier molecular flexibility index (Phi) is 4.78. The molecule has 1 N–H and O–H groups in total. The predicted molar refractivity (Wildman–Crippen MR) is 67.4 cm³/mol. The molecule has 1 unspecified atom stereocenters. The van der Waals surface area contributed by atoms with Crippen LogP contribution in [0.25, 0.3) is 0 Å². The van der Waals surface area contributed by atoms with Crippen molar-refractivity contribution in [2.75, 3.05) is 20.1 Å². The average molecular weight is 226 g/mol. The highest BCUT2D eigenvalue weighted by atomic mass is 16.2. The third kappa shape index (κ3) is 4.12. The Balaban J connectivity index is 2.44. The van der Waals surface area contributed by atoms with Crippen molar-refractivity contribution < 1.29 is 4.79 Å². The van der Waals surface area contributed by atoms with Crippen molar-refractivity contribution in [1.82, 2.24) is 10.2 Å². The number of nitrogens with zero attached hydrogens (tertiary/aromatic N) is 1. The summed E-state index contributed by atoms with van der Waals surface area (Å²) in [7, 11) is 1.97. The van der Waals surface area contributed by atoms with Gasteiger partial charge in [-0.1, -0.05) is 13.8 Å². The van der Waals surface area contributed by atoms with Gasteiger partial charge in [0.1, 0.15) is 0 Å². The van der Waals surface area contributed by atoms with Gasteiger partial charge in [0.05, 0.1) is 0 Å². The van der Waals surface area contributed by atoms with E-state index >= 15 is 0 Å². The van der Waals surface area contributed by atoms with Crippen LogP contribution < -0.4 is 5.32 Å². The van der Waals surface area contributed by atoms with E-state index in [0.29, 0.717) is 17.4 Å². The molecule has 1 rings (SSSR count). The van der Waals surface area contributed by atoms with Gasteiger partial charge >= 0.3 is 0 Å². The molecule has 1 heterocycles. The first-order valence-electron chi connectivity index (χ1n) is 6.40. The average Bonchev–Trinajstić information content (AvgIpc) is 2.37. The van der Waals surface area contributed by atoms with Gasteiger partial charge in [0.15, 0.2) is 0 Å². The molecule has 1 atom stereocenters. The van der Waals surface area contributed by atoms with Crippen molar-refractivity contribution >= 4 is 5.91 Å². The van der Waals surface area contributed by atoms with Gasteiger partial charge in [-0.2, -0.15) is 0 Å². The van der Waals surface area contributed by atoms with E-state index in [4.69, 9.17) is 0 Å². The van der Waals surface area contributed by atoms with Gasteiger partial charge in [0.2, 0.25) is 5.91 Å². The van der Waals surface area contributed by atoms with Crippen LogP contribution >= 0.6 is 0 Å². The van der Waals surface area contributed by atoms with Crippen LogP contribution in [0, 0.1) is 5.41 Å². The molecule has 0 spiro atoms. The molecule has 0 bridgehead atoms. The smallest absolute Gasteiger partial charge is 0.222 e. The molecule has 3 nitrogen and oxygen atoms in total. The second-order valence-electron chi connectivity index (χ2n) is 5.77. The number of hydrogen-bond donors (Lipinski definition) is 1. The van der Waals surface area contributed by atoms with E-state index in [2.05, 4.69) is 26.1 Å². The monoisotopic (exact) mass is 226 g/mol. The van der Waals surface area contributed by atoms with Gasteiger partial charge < -0.3 is 10.2 Å². The highest BCUT2D eigenvalue weighted by Crippen LogP contribution is 2.30. The lowest BCUT2D eigenvalue weighted by Crippen LogP contribution is -2.35. The molecule has 0 saturated carbocycles. The van der Waals surface area contributed by atoms with E-state index < -0.39 is 0 Å². The second kappa shape index (κ2) is 5.67.